The van der Waals surface area contributed by atoms with Crippen LogP contribution in [0.2, 0.25) is 0 Å². The third-order valence-electron chi connectivity index (χ3n) is 4.34. The second-order valence-corrected chi connectivity index (χ2v) is 7.04. The van der Waals surface area contributed by atoms with Gasteiger partial charge in [0.1, 0.15) is 0 Å². The first-order chi connectivity index (χ1) is 12.4. The molecule has 0 spiro atoms. The van der Waals surface area contributed by atoms with Gasteiger partial charge in [-0.1, -0.05) is 94.8 Å². The van der Waals surface area contributed by atoms with Crippen molar-refractivity contribution in [3.05, 3.63) is 102 Å². The predicted octanol–water partition coefficient (Wildman–Crippen LogP) is 6.22. The SMILES string of the molecule is BrCCCc1ccccc1N(Cc1ccccc1)Cc1ccccc1. The number of anilines is 1. The van der Waals surface area contributed by atoms with Crippen LogP contribution in [0.1, 0.15) is 23.1 Å². The van der Waals surface area contributed by atoms with E-state index in [0.29, 0.717) is 0 Å². The molecule has 3 aromatic carbocycles. The van der Waals surface area contributed by atoms with Crippen molar-refractivity contribution in [1.82, 2.24) is 0 Å². The molecule has 0 saturated heterocycles. The van der Waals surface area contributed by atoms with Gasteiger partial charge in [-0.15, -0.1) is 0 Å². The molecule has 25 heavy (non-hydrogen) atoms. The lowest BCUT2D eigenvalue weighted by Crippen LogP contribution is -2.23. The summed E-state index contributed by atoms with van der Waals surface area (Å²) < 4.78 is 0. The summed E-state index contributed by atoms with van der Waals surface area (Å²) in [5.74, 6) is 0. The van der Waals surface area contributed by atoms with Crippen LogP contribution in [0.4, 0.5) is 5.69 Å². The number of para-hydroxylation sites is 1. The molecule has 2 heteroatoms. The number of alkyl halides is 1. The minimum absolute atomic E-state index is 0.918. The van der Waals surface area contributed by atoms with Crippen LogP contribution >= 0.6 is 15.9 Å². The van der Waals surface area contributed by atoms with Gasteiger partial charge in [-0.05, 0) is 35.6 Å². The summed E-state index contributed by atoms with van der Waals surface area (Å²) in [5, 5.41) is 1.04. The van der Waals surface area contributed by atoms with Gasteiger partial charge in [0, 0.05) is 24.1 Å². The van der Waals surface area contributed by atoms with E-state index in [2.05, 4.69) is 106 Å². The van der Waals surface area contributed by atoms with Gasteiger partial charge >= 0.3 is 0 Å². The van der Waals surface area contributed by atoms with Crippen LogP contribution in [-0.2, 0) is 19.5 Å². The lowest BCUT2D eigenvalue weighted by Gasteiger charge is -2.28. The highest BCUT2D eigenvalue weighted by Crippen LogP contribution is 2.26. The molecule has 0 heterocycles. The number of benzene rings is 3. The van der Waals surface area contributed by atoms with Crippen LogP contribution in [0.3, 0.4) is 0 Å². The zero-order valence-electron chi connectivity index (χ0n) is 14.4. The molecular formula is C23H24BrN. The van der Waals surface area contributed by atoms with Crippen LogP contribution in [0.5, 0.6) is 0 Å². The van der Waals surface area contributed by atoms with E-state index < -0.39 is 0 Å². The second kappa shape index (κ2) is 9.43. The summed E-state index contributed by atoms with van der Waals surface area (Å²) in [6, 6.07) is 30.3. The van der Waals surface area contributed by atoms with Gasteiger partial charge in [-0.3, -0.25) is 0 Å². The highest BCUT2D eigenvalue weighted by atomic mass is 79.9. The molecule has 3 aromatic rings. The van der Waals surface area contributed by atoms with Gasteiger partial charge in [0.05, 0.1) is 0 Å². The second-order valence-electron chi connectivity index (χ2n) is 6.25. The maximum absolute atomic E-state index is 3.56. The Bertz CT molecular complexity index is 714. The van der Waals surface area contributed by atoms with E-state index >= 15 is 0 Å². The fourth-order valence-electron chi connectivity index (χ4n) is 3.12. The molecule has 128 valence electrons. The summed E-state index contributed by atoms with van der Waals surface area (Å²) in [6.45, 7) is 1.84. The molecule has 0 bridgehead atoms. The number of nitrogens with zero attached hydrogens (tertiary/aromatic N) is 1. The molecule has 1 nitrogen and oxygen atoms in total. The number of hydrogen-bond acceptors (Lipinski definition) is 1. The molecule has 0 fully saturated rings. The number of rotatable bonds is 8. The van der Waals surface area contributed by atoms with E-state index in [-0.39, 0.29) is 0 Å². The van der Waals surface area contributed by atoms with Gasteiger partial charge < -0.3 is 4.90 Å². The molecule has 3 rings (SSSR count). The van der Waals surface area contributed by atoms with Crippen LogP contribution in [0.25, 0.3) is 0 Å². The van der Waals surface area contributed by atoms with E-state index in [9.17, 15) is 0 Å². The summed E-state index contributed by atoms with van der Waals surface area (Å²) >= 11 is 3.56. The normalized spacial score (nSPS) is 10.6. The molecule has 0 amide bonds. The molecule has 0 aromatic heterocycles. The zero-order chi connectivity index (χ0) is 17.3. The average molecular weight is 394 g/mol. The smallest absolute Gasteiger partial charge is 0.0433 e. The van der Waals surface area contributed by atoms with Crippen molar-refractivity contribution in [2.24, 2.45) is 0 Å². The van der Waals surface area contributed by atoms with Crippen LogP contribution in [0.15, 0.2) is 84.9 Å². The zero-order valence-corrected chi connectivity index (χ0v) is 16.0. The van der Waals surface area contributed by atoms with Crippen LogP contribution in [-0.4, -0.2) is 5.33 Å². The number of hydrogen-bond donors (Lipinski definition) is 0. The van der Waals surface area contributed by atoms with Crippen LogP contribution in [0, 0.1) is 0 Å². The largest absolute Gasteiger partial charge is 0.363 e. The van der Waals surface area contributed by atoms with Gasteiger partial charge in [-0.25, -0.2) is 0 Å². The lowest BCUT2D eigenvalue weighted by molar-refractivity contribution is 0.787. The van der Waals surface area contributed by atoms with E-state index in [1.165, 1.54) is 22.4 Å². The Morgan fingerprint density at radius 1 is 0.640 bits per heavy atom. The standard InChI is InChI=1S/C23H24BrN/c24-17-9-15-22-14-7-8-16-23(22)25(18-20-10-3-1-4-11-20)19-21-12-5-2-6-13-21/h1-8,10-14,16H,9,15,17-19H2. The van der Waals surface area contributed by atoms with E-state index in [1.807, 2.05) is 0 Å². The molecular weight excluding hydrogens is 370 g/mol. The molecule has 0 radical (unpaired) electrons. The van der Waals surface area contributed by atoms with Gasteiger partial charge in [-0.2, -0.15) is 0 Å². The highest BCUT2D eigenvalue weighted by Gasteiger charge is 2.12. The molecule has 0 atom stereocenters. The van der Waals surface area contributed by atoms with Crippen molar-refractivity contribution in [2.75, 3.05) is 10.2 Å². The summed E-state index contributed by atoms with van der Waals surface area (Å²) in [5.41, 5.74) is 5.45. The summed E-state index contributed by atoms with van der Waals surface area (Å²) in [7, 11) is 0. The van der Waals surface area contributed by atoms with Crippen molar-refractivity contribution < 1.29 is 0 Å². The Kier molecular flexibility index (Phi) is 6.70. The van der Waals surface area contributed by atoms with Gasteiger partial charge in [0.25, 0.3) is 0 Å². The molecule has 0 aliphatic rings. The first-order valence-electron chi connectivity index (χ1n) is 8.83. The van der Waals surface area contributed by atoms with E-state index in [0.717, 1.165) is 31.3 Å². The first-order valence-corrected chi connectivity index (χ1v) is 9.95. The molecule has 0 saturated carbocycles. The Labute approximate surface area is 159 Å². The van der Waals surface area contributed by atoms with Gasteiger partial charge in [0.2, 0.25) is 0 Å². The Balaban J connectivity index is 1.90. The minimum Gasteiger partial charge on any atom is -0.363 e. The Morgan fingerprint density at radius 3 is 1.72 bits per heavy atom. The summed E-state index contributed by atoms with van der Waals surface area (Å²) in [4.78, 5) is 2.49. The van der Waals surface area contributed by atoms with Crippen molar-refractivity contribution in [3.8, 4) is 0 Å². The molecule has 0 aliphatic carbocycles. The van der Waals surface area contributed by atoms with Gasteiger partial charge in [0.15, 0.2) is 0 Å². The average Bonchev–Trinajstić information content (AvgIpc) is 2.68. The first kappa shape index (κ1) is 17.8. The molecule has 0 aliphatic heterocycles. The van der Waals surface area contributed by atoms with E-state index in [4.69, 9.17) is 0 Å². The Morgan fingerprint density at radius 2 is 1.16 bits per heavy atom. The fraction of sp³-hybridized carbons (Fsp3) is 0.217. The topological polar surface area (TPSA) is 3.24 Å². The van der Waals surface area contributed by atoms with Crippen molar-refractivity contribution in [3.63, 3.8) is 0 Å². The number of halogens is 1. The fourth-order valence-corrected chi connectivity index (χ4v) is 3.40. The van der Waals surface area contributed by atoms with Crippen molar-refractivity contribution in [2.45, 2.75) is 25.9 Å². The lowest BCUT2D eigenvalue weighted by atomic mass is 10.1. The minimum atomic E-state index is 0.918. The Hall–Kier alpha value is -2.06. The van der Waals surface area contributed by atoms with Crippen LogP contribution < -0.4 is 4.90 Å². The molecule has 0 unspecified atom stereocenters. The van der Waals surface area contributed by atoms with Crippen molar-refractivity contribution in [1.29, 1.82) is 0 Å². The maximum atomic E-state index is 3.56. The highest BCUT2D eigenvalue weighted by molar-refractivity contribution is 9.09. The summed E-state index contributed by atoms with van der Waals surface area (Å²) in [6.07, 6.45) is 2.25. The molecule has 0 N–H and O–H groups in total. The third-order valence-corrected chi connectivity index (χ3v) is 4.91. The number of aryl methyl sites for hydroxylation is 1. The maximum Gasteiger partial charge on any atom is 0.0433 e. The predicted molar refractivity (Wildman–Crippen MR) is 111 cm³/mol. The monoisotopic (exact) mass is 393 g/mol. The quantitative estimate of drug-likeness (QED) is 0.410. The van der Waals surface area contributed by atoms with Crippen molar-refractivity contribution >= 4 is 21.6 Å². The third kappa shape index (κ3) is 5.20. The van der Waals surface area contributed by atoms with E-state index in [1.54, 1.807) is 0 Å².